The molecule has 0 saturated heterocycles. The molecule has 0 aromatic heterocycles. The fourth-order valence-corrected chi connectivity index (χ4v) is 0.930. The Labute approximate surface area is 105 Å². The molecule has 7 heteroatoms. The molecular weight excluding hydrogens is 240 g/mol. The van der Waals surface area contributed by atoms with Crippen LogP contribution in [0.2, 0.25) is 0 Å². The minimum Gasteiger partial charge on any atom is -0.478 e. The third-order valence-electron chi connectivity index (χ3n) is 1.79. The van der Waals surface area contributed by atoms with Crippen LogP contribution in [0.1, 0.15) is 19.8 Å². The third kappa shape index (κ3) is 10.6. The highest BCUT2D eigenvalue weighted by Gasteiger charge is 2.03. The largest absolute Gasteiger partial charge is 0.478 e. The van der Waals surface area contributed by atoms with E-state index in [0.29, 0.717) is 19.3 Å². The highest BCUT2D eigenvalue weighted by Crippen LogP contribution is 1.86. The van der Waals surface area contributed by atoms with Gasteiger partial charge in [-0.2, -0.15) is 0 Å². The molecule has 0 atom stereocenters. The zero-order chi connectivity index (χ0) is 13.8. The highest BCUT2D eigenvalue weighted by molar-refractivity contribution is 6.02. The van der Waals surface area contributed by atoms with Gasteiger partial charge in [0.2, 0.25) is 0 Å². The zero-order valence-corrected chi connectivity index (χ0v) is 10.3. The average molecular weight is 258 g/mol. The summed E-state index contributed by atoms with van der Waals surface area (Å²) in [5, 5.41) is 12.6. The fourth-order valence-electron chi connectivity index (χ4n) is 0.930. The molecule has 0 heterocycles. The van der Waals surface area contributed by atoms with Gasteiger partial charge in [-0.1, -0.05) is 13.3 Å². The number of carbonyl (C=O) groups is 3. The number of hydrogen-bond acceptors (Lipinski definition) is 4. The van der Waals surface area contributed by atoms with Crippen LogP contribution < -0.4 is 10.6 Å². The number of carboxylic acids is 1. The monoisotopic (exact) mass is 258 g/mol. The van der Waals surface area contributed by atoms with E-state index in [9.17, 15) is 14.4 Å². The fraction of sp³-hybridized carbons (Fsp3) is 0.545. The first-order chi connectivity index (χ1) is 8.56. The molecular formula is C11H18N2O5. The van der Waals surface area contributed by atoms with Gasteiger partial charge >= 0.3 is 12.0 Å². The van der Waals surface area contributed by atoms with Crippen molar-refractivity contribution in [2.24, 2.45) is 0 Å². The SMILES string of the molecule is CCCCOCCNC(=O)NC(=O)C=CC(=O)O. The minimum atomic E-state index is -1.25. The van der Waals surface area contributed by atoms with E-state index in [1.165, 1.54) is 0 Å². The van der Waals surface area contributed by atoms with Crippen LogP contribution >= 0.6 is 0 Å². The van der Waals surface area contributed by atoms with Crippen LogP contribution in [0.4, 0.5) is 4.79 Å². The number of rotatable bonds is 8. The van der Waals surface area contributed by atoms with Gasteiger partial charge in [-0.15, -0.1) is 0 Å². The van der Waals surface area contributed by atoms with Crippen molar-refractivity contribution in [2.75, 3.05) is 19.8 Å². The zero-order valence-electron chi connectivity index (χ0n) is 10.3. The number of carbonyl (C=O) groups excluding carboxylic acids is 2. The van der Waals surface area contributed by atoms with Gasteiger partial charge in [-0.3, -0.25) is 10.1 Å². The van der Waals surface area contributed by atoms with Crippen LogP contribution in [-0.2, 0) is 14.3 Å². The van der Waals surface area contributed by atoms with E-state index in [1.54, 1.807) is 0 Å². The summed E-state index contributed by atoms with van der Waals surface area (Å²) < 4.78 is 5.19. The van der Waals surface area contributed by atoms with Crippen molar-refractivity contribution in [3.8, 4) is 0 Å². The Hall–Kier alpha value is -1.89. The average Bonchev–Trinajstić information content (AvgIpc) is 2.31. The Morgan fingerprint density at radius 2 is 1.94 bits per heavy atom. The first-order valence-corrected chi connectivity index (χ1v) is 5.63. The van der Waals surface area contributed by atoms with Crippen molar-refractivity contribution in [1.29, 1.82) is 0 Å². The lowest BCUT2D eigenvalue weighted by molar-refractivity contribution is -0.131. The second kappa shape index (κ2) is 10.3. The van der Waals surface area contributed by atoms with Gasteiger partial charge in [0.05, 0.1) is 6.61 Å². The molecule has 18 heavy (non-hydrogen) atoms. The number of urea groups is 1. The summed E-state index contributed by atoms with van der Waals surface area (Å²) in [5.41, 5.74) is 0. The summed E-state index contributed by atoms with van der Waals surface area (Å²) >= 11 is 0. The number of amides is 3. The summed E-state index contributed by atoms with van der Waals surface area (Å²) in [4.78, 5) is 32.2. The molecule has 0 fully saturated rings. The lowest BCUT2D eigenvalue weighted by Crippen LogP contribution is -2.40. The molecule has 0 aromatic carbocycles. The van der Waals surface area contributed by atoms with Crippen molar-refractivity contribution in [2.45, 2.75) is 19.8 Å². The van der Waals surface area contributed by atoms with Crippen molar-refractivity contribution < 1.29 is 24.2 Å². The summed E-state index contributed by atoms with van der Waals surface area (Å²) in [7, 11) is 0. The van der Waals surface area contributed by atoms with E-state index in [0.717, 1.165) is 18.9 Å². The molecule has 0 radical (unpaired) electrons. The standard InChI is InChI=1S/C11H18N2O5/c1-2-3-7-18-8-6-12-11(17)13-9(14)4-5-10(15)16/h4-5H,2-3,6-8H2,1H3,(H,15,16)(H2,12,13,14,17). The minimum absolute atomic E-state index is 0.283. The molecule has 0 spiro atoms. The third-order valence-corrected chi connectivity index (χ3v) is 1.79. The number of imide groups is 1. The number of aliphatic carboxylic acids is 1. The Morgan fingerprint density at radius 1 is 1.22 bits per heavy atom. The Balaban J connectivity index is 3.59. The predicted octanol–water partition coefficient (Wildman–Crippen LogP) is 0.270. The molecule has 3 amide bonds. The van der Waals surface area contributed by atoms with E-state index >= 15 is 0 Å². The molecule has 0 saturated carbocycles. The number of ether oxygens (including phenoxy) is 1. The van der Waals surface area contributed by atoms with Crippen molar-refractivity contribution in [3.63, 3.8) is 0 Å². The maximum atomic E-state index is 11.1. The van der Waals surface area contributed by atoms with E-state index in [1.807, 2.05) is 12.2 Å². The lowest BCUT2D eigenvalue weighted by atomic mass is 10.4. The second-order valence-corrected chi connectivity index (χ2v) is 3.38. The summed E-state index contributed by atoms with van der Waals surface area (Å²) in [6.07, 6.45) is 3.42. The topological polar surface area (TPSA) is 105 Å². The molecule has 7 nitrogen and oxygen atoms in total. The Bertz CT molecular complexity index is 315. The van der Waals surface area contributed by atoms with E-state index in [-0.39, 0.29) is 6.54 Å². The molecule has 3 N–H and O–H groups in total. The van der Waals surface area contributed by atoms with Crippen LogP contribution in [0.5, 0.6) is 0 Å². The molecule has 0 bridgehead atoms. The molecule has 0 aliphatic heterocycles. The maximum absolute atomic E-state index is 11.1. The van der Waals surface area contributed by atoms with Gasteiger partial charge in [0, 0.05) is 25.3 Å². The van der Waals surface area contributed by atoms with Crippen LogP contribution in [0.3, 0.4) is 0 Å². The van der Waals surface area contributed by atoms with Crippen LogP contribution in [0, 0.1) is 0 Å². The van der Waals surface area contributed by atoms with Gasteiger partial charge in [0.1, 0.15) is 0 Å². The summed E-state index contributed by atoms with van der Waals surface area (Å²) in [6.45, 7) is 3.34. The smallest absolute Gasteiger partial charge is 0.328 e. The van der Waals surface area contributed by atoms with E-state index < -0.39 is 17.9 Å². The van der Waals surface area contributed by atoms with Crippen LogP contribution in [-0.4, -0.2) is 42.8 Å². The van der Waals surface area contributed by atoms with Crippen LogP contribution in [0.15, 0.2) is 12.2 Å². The number of nitrogens with one attached hydrogen (secondary N) is 2. The van der Waals surface area contributed by atoms with Crippen molar-refractivity contribution in [1.82, 2.24) is 10.6 Å². The molecule has 0 aliphatic carbocycles. The molecule has 0 unspecified atom stereocenters. The molecule has 0 rings (SSSR count). The van der Waals surface area contributed by atoms with Gasteiger partial charge in [0.25, 0.3) is 5.91 Å². The van der Waals surface area contributed by atoms with E-state index in [2.05, 4.69) is 5.32 Å². The van der Waals surface area contributed by atoms with Crippen molar-refractivity contribution in [3.05, 3.63) is 12.2 Å². The maximum Gasteiger partial charge on any atom is 0.328 e. The Kier molecular flexibility index (Phi) is 9.20. The molecule has 0 aliphatic rings. The predicted molar refractivity (Wildman–Crippen MR) is 64.0 cm³/mol. The highest BCUT2D eigenvalue weighted by atomic mass is 16.5. The normalized spacial score (nSPS) is 10.3. The Morgan fingerprint density at radius 3 is 2.56 bits per heavy atom. The van der Waals surface area contributed by atoms with Gasteiger partial charge in [0.15, 0.2) is 0 Å². The molecule has 0 aromatic rings. The number of carboxylic acid groups (broad SMARTS) is 1. The first kappa shape index (κ1) is 16.1. The van der Waals surface area contributed by atoms with Crippen molar-refractivity contribution >= 4 is 17.9 Å². The number of unbranched alkanes of at least 4 members (excludes halogenated alkanes) is 1. The lowest BCUT2D eigenvalue weighted by Gasteiger charge is -2.05. The first-order valence-electron chi connectivity index (χ1n) is 5.63. The van der Waals surface area contributed by atoms with Gasteiger partial charge in [-0.25, -0.2) is 9.59 Å². The van der Waals surface area contributed by atoms with Crippen LogP contribution in [0.25, 0.3) is 0 Å². The summed E-state index contributed by atoms with van der Waals surface area (Å²) in [6, 6.07) is -0.686. The molecule has 102 valence electrons. The number of hydrogen-bond donors (Lipinski definition) is 3. The second-order valence-electron chi connectivity index (χ2n) is 3.38. The van der Waals surface area contributed by atoms with E-state index in [4.69, 9.17) is 9.84 Å². The summed E-state index contributed by atoms with van der Waals surface area (Å²) in [5.74, 6) is -2.04. The van der Waals surface area contributed by atoms with Gasteiger partial charge < -0.3 is 15.2 Å². The van der Waals surface area contributed by atoms with Gasteiger partial charge in [-0.05, 0) is 6.42 Å². The quantitative estimate of drug-likeness (QED) is 0.428.